The number of rotatable bonds is 2. The number of carbonyl (C=O) groups is 1. The number of nitrogens with one attached hydrogen (secondary N) is 1. The van der Waals surface area contributed by atoms with Gasteiger partial charge in [-0.3, -0.25) is 19.9 Å². The van der Waals surface area contributed by atoms with Gasteiger partial charge in [0.1, 0.15) is 11.0 Å². The van der Waals surface area contributed by atoms with Crippen LogP contribution >= 0.6 is 0 Å². The molecule has 0 atom stereocenters. The second-order valence-electron chi connectivity index (χ2n) is 2.67. The van der Waals surface area contributed by atoms with Crippen LogP contribution in [0.4, 0.5) is 5.69 Å². The predicted molar refractivity (Wildman–Crippen MR) is 48.1 cm³/mol. The maximum atomic E-state index is 10.6. The molecule has 0 aromatic carbocycles. The van der Waals surface area contributed by atoms with Gasteiger partial charge in [-0.2, -0.15) is 0 Å². The number of aldehydes is 1. The van der Waals surface area contributed by atoms with Crippen molar-refractivity contribution in [1.82, 2.24) is 9.97 Å². The van der Waals surface area contributed by atoms with Crippen LogP contribution in [0.1, 0.15) is 10.4 Å². The lowest BCUT2D eigenvalue weighted by molar-refractivity contribution is -0.383. The smallest absolute Gasteiger partial charge is 0.296 e. The van der Waals surface area contributed by atoms with Gasteiger partial charge in [0.2, 0.25) is 0 Å². The molecule has 0 fully saturated rings. The lowest BCUT2D eigenvalue weighted by atomic mass is 10.2. The van der Waals surface area contributed by atoms with Gasteiger partial charge in [-0.25, -0.2) is 0 Å². The van der Waals surface area contributed by atoms with E-state index in [0.29, 0.717) is 17.4 Å². The third-order valence-corrected chi connectivity index (χ3v) is 1.90. The Morgan fingerprint density at radius 1 is 1.57 bits per heavy atom. The first kappa shape index (κ1) is 8.36. The van der Waals surface area contributed by atoms with Crippen LogP contribution in [0.25, 0.3) is 11.0 Å². The summed E-state index contributed by atoms with van der Waals surface area (Å²) >= 11 is 0. The molecule has 0 bridgehead atoms. The molecule has 0 aliphatic carbocycles. The van der Waals surface area contributed by atoms with Crippen molar-refractivity contribution in [2.45, 2.75) is 0 Å². The van der Waals surface area contributed by atoms with Crippen LogP contribution < -0.4 is 0 Å². The van der Waals surface area contributed by atoms with Crippen LogP contribution in [0.2, 0.25) is 0 Å². The fourth-order valence-corrected chi connectivity index (χ4v) is 1.27. The van der Waals surface area contributed by atoms with E-state index in [1.165, 1.54) is 18.5 Å². The van der Waals surface area contributed by atoms with Crippen molar-refractivity contribution in [2.75, 3.05) is 0 Å². The number of nitrogens with zero attached hydrogens (tertiary/aromatic N) is 2. The summed E-state index contributed by atoms with van der Waals surface area (Å²) in [5.74, 6) is 0. The molecule has 2 aromatic rings. The Morgan fingerprint density at radius 3 is 3.00 bits per heavy atom. The molecule has 14 heavy (non-hydrogen) atoms. The number of aromatic amines is 1. The van der Waals surface area contributed by atoms with E-state index in [0.717, 1.165) is 0 Å². The van der Waals surface area contributed by atoms with Gasteiger partial charge in [0, 0.05) is 18.5 Å². The number of H-pyrrole nitrogens is 1. The van der Waals surface area contributed by atoms with E-state index in [-0.39, 0.29) is 11.2 Å². The molecule has 0 spiro atoms. The maximum absolute atomic E-state index is 10.6. The van der Waals surface area contributed by atoms with E-state index in [1.807, 2.05) is 0 Å². The maximum Gasteiger partial charge on any atom is 0.296 e. The van der Waals surface area contributed by atoms with Crippen molar-refractivity contribution in [3.8, 4) is 0 Å². The second kappa shape index (κ2) is 2.91. The predicted octanol–water partition coefficient (Wildman–Crippen LogP) is 1.28. The monoisotopic (exact) mass is 191 g/mol. The van der Waals surface area contributed by atoms with Crippen LogP contribution in [0.15, 0.2) is 18.5 Å². The van der Waals surface area contributed by atoms with Crippen LogP contribution in [-0.2, 0) is 0 Å². The SMILES string of the molecule is O=Cc1c[nH]c2c([N+](=O)[O-])ccnc12. The molecule has 0 saturated carbocycles. The molecule has 6 heteroatoms. The standard InChI is InChI=1S/C8H5N3O3/c12-4-5-3-10-8-6(11(13)14)1-2-9-7(5)8/h1-4,10H. The van der Waals surface area contributed by atoms with Crippen LogP contribution in [0.3, 0.4) is 0 Å². The van der Waals surface area contributed by atoms with Crippen molar-refractivity contribution >= 4 is 23.0 Å². The molecule has 0 aliphatic rings. The van der Waals surface area contributed by atoms with Gasteiger partial charge in [-0.15, -0.1) is 0 Å². The topological polar surface area (TPSA) is 88.9 Å². The Labute approximate surface area is 77.7 Å². The number of aromatic nitrogens is 2. The van der Waals surface area contributed by atoms with Crippen LogP contribution in [0, 0.1) is 10.1 Å². The Hall–Kier alpha value is -2.24. The van der Waals surface area contributed by atoms with Crippen LogP contribution in [0.5, 0.6) is 0 Å². The molecule has 6 nitrogen and oxygen atoms in total. The Bertz CT molecular complexity index is 518. The van der Waals surface area contributed by atoms with Crippen molar-refractivity contribution in [3.63, 3.8) is 0 Å². The highest BCUT2D eigenvalue weighted by Crippen LogP contribution is 2.23. The third kappa shape index (κ3) is 1.05. The molecule has 2 rings (SSSR count). The average Bonchev–Trinajstić information content (AvgIpc) is 2.59. The molecule has 0 amide bonds. The molecular weight excluding hydrogens is 186 g/mol. The largest absolute Gasteiger partial charge is 0.354 e. The zero-order valence-corrected chi connectivity index (χ0v) is 6.93. The summed E-state index contributed by atoms with van der Waals surface area (Å²) < 4.78 is 0. The molecule has 2 heterocycles. The summed E-state index contributed by atoms with van der Waals surface area (Å²) in [6.07, 6.45) is 3.31. The van der Waals surface area contributed by atoms with Crippen molar-refractivity contribution < 1.29 is 9.72 Å². The van der Waals surface area contributed by atoms with Crippen molar-refractivity contribution in [2.24, 2.45) is 0 Å². The van der Waals surface area contributed by atoms with Crippen molar-refractivity contribution in [1.29, 1.82) is 0 Å². The minimum absolute atomic E-state index is 0.0805. The second-order valence-corrected chi connectivity index (χ2v) is 2.67. The molecular formula is C8H5N3O3. The van der Waals surface area contributed by atoms with E-state index < -0.39 is 4.92 Å². The van der Waals surface area contributed by atoms with Gasteiger partial charge in [0.15, 0.2) is 6.29 Å². The molecule has 0 radical (unpaired) electrons. The zero-order valence-electron chi connectivity index (χ0n) is 6.93. The molecule has 0 saturated heterocycles. The first-order valence-corrected chi connectivity index (χ1v) is 3.79. The summed E-state index contributed by atoms with van der Waals surface area (Å²) in [6, 6.07) is 1.29. The van der Waals surface area contributed by atoms with Gasteiger partial charge in [-0.1, -0.05) is 0 Å². The summed E-state index contributed by atoms with van der Waals surface area (Å²) in [7, 11) is 0. The van der Waals surface area contributed by atoms with Gasteiger partial charge in [0.25, 0.3) is 5.69 Å². The van der Waals surface area contributed by atoms with E-state index in [4.69, 9.17) is 0 Å². The van der Waals surface area contributed by atoms with E-state index >= 15 is 0 Å². The van der Waals surface area contributed by atoms with Gasteiger partial charge >= 0.3 is 0 Å². The average molecular weight is 191 g/mol. The molecule has 2 aromatic heterocycles. The highest BCUT2D eigenvalue weighted by Gasteiger charge is 2.15. The fraction of sp³-hybridized carbons (Fsp3) is 0. The Kier molecular flexibility index (Phi) is 1.74. The van der Waals surface area contributed by atoms with E-state index in [9.17, 15) is 14.9 Å². The van der Waals surface area contributed by atoms with Gasteiger partial charge in [-0.05, 0) is 0 Å². The third-order valence-electron chi connectivity index (χ3n) is 1.90. The quantitative estimate of drug-likeness (QED) is 0.440. The highest BCUT2D eigenvalue weighted by atomic mass is 16.6. The normalized spacial score (nSPS) is 10.3. The first-order valence-electron chi connectivity index (χ1n) is 3.79. The summed E-state index contributed by atoms with van der Waals surface area (Å²) in [4.78, 5) is 27.1. The molecule has 0 unspecified atom stereocenters. The number of nitro groups is 1. The Balaban J connectivity index is 2.82. The van der Waals surface area contributed by atoms with E-state index in [2.05, 4.69) is 9.97 Å². The first-order chi connectivity index (χ1) is 6.74. The number of pyridine rings is 1. The molecule has 1 N–H and O–H groups in total. The number of carbonyl (C=O) groups excluding carboxylic acids is 1. The minimum Gasteiger partial charge on any atom is -0.354 e. The lowest BCUT2D eigenvalue weighted by Gasteiger charge is -1.92. The van der Waals surface area contributed by atoms with Gasteiger partial charge in [0.05, 0.1) is 10.5 Å². The lowest BCUT2D eigenvalue weighted by Crippen LogP contribution is -1.90. The number of hydrogen-bond donors (Lipinski definition) is 1. The number of hydrogen-bond acceptors (Lipinski definition) is 4. The number of fused-ring (bicyclic) bond motifs is 1. The Morgan fingerprint density at radius 2 is 2.36 bits per heavy atom. The minimum atomic E-state index is -0.519. The highest BCUT2D eigenvalue weighted by molar-refractivity contribution is 5.97. The van der Waals surface area contributed by atoms with E-state index in [1.54, 1.807) is 0 Å². The summed E-state index contributed by atoms with van der Waals surface area (Å²) in [5, 5.41) is 10.6. The van der Waals surface area contributed by atoms with Crippen molar-refractivity contribution in [3.05, 3.63) is 34.1 Å². The molecule has 70 valence electrons. The fourth-order valence-electron chi connectivity index (χ4n) is 1.27. The summed E-state index contributed by atoms with van der Waals surface area (Å²) in [6.45, 7) is 0. The summed E-state index contributed by atoms with van der Waals surface area (Å²) in [5.41, 5.74) is 0.848. The van der Waals surface area contributed by atoms with Gasteiger partial charge < -0.3 is 4.98 Å². The molecule has 0 aliphatic heterocycles. The zero-order chi connectivity index (χ0) is 10.1. The van der Waals surface area contributed by atoms with Crippen LogP contribution in [-0.4, -0.2) is 21.2 Å².